The lowest BCUT2D eigenvalue weighted by Crippen LogP contribution is -2.14. The van der Waals surface area contributed by atoms with Crippen LogP contribution >= 0.6 is 0 Å². The maximum atomic E-state index is 11.7. The summed E-state index contributed by atoms with van der Waals surface area (Å²) in [5, 5.41) is 0. The van der Waals surface area contributed by atoms with E-state index in [9.17, 15) is 8.42 Å². The Bertz CT molecular complexity index is 747. The van der Waals surface area contributed by atoms with Crippen LogP contribution in [0.2, 0.25) is 0 Å². The van der Waals surface area contributed by atoms with Crippen LogP contribution < -0.4 is 4.72 Å². The van der Waals surface area contributed by atoms with Crippen LogP contribution in [0, 0.1) is 5.92 Å². The summed E-state index contributed by atoms with van der Waals surface area (Å²) in [6.45, 7) is 5.81. The van der Waals surface area contributed by atoms with Crippen molar-refractivity contribution in [2.75, 3.05) is 10.5 Å². The highest BCUT2D eigenvalue weighted by Gasteiger charge is 2.11. The Labute approximate surface area is 131 Å². The van der Waals surface area contributed by atoms with Crippen molar-refractivity contribution in [3.8, 4) is 0 Å². The molecule has 1 aromatic carbocycles. The Morgan fingerprint density at radius 3 is 2.77 bits per heavy atom. The van der Waals surface area contributed by atoms with E-state index in [1.165, 1.54) is 0 Å². The van der Waals surface area contributed by atoms with E-state index < -0.39 is 10.0 Å². The molecule has 0 aliphatic rings. The van der Waals surface area contributed by atoms with Gasteiger partial charge in [-0.2, -0.15) is 0 Å². The van der Waals surface area contributed by atoms with Gasteiger partial charge in [0.2, 0.25) is 10.0 Å². The standard InChI is InChI=1S/C16H21N3O2S/c1-4-22(20,21)19-14-7-5-6-13(9-14)15(8-12(2)3)16-10-17-11-18-16/h5-12,19H,4H2,1-3H3,(H,17,18)/b15-8-. The van der Waals surface area contributed by atoms with Gasteiger partial charge in [-0.05, 0) is 30.5 Å². The molecule has 0 spiro atoms. The van der Waals surface area contributed by atoms with Crippen LogP contribution in [0.1, 0.15) is 32.0 Å². The smallest absolute Gasteiger partial charge is 0.232 e. The SMILES string of the molecule is CCS(=O)(=O)Nc1cccc(/C(=C/C(C)C)c2cnc[nH]2)c1. The molecule has 6 heteroatoms. The van der Waals surface area contributed by atoms with Gasteiger partial charge in [-0.15, -0.1) is 0 Å². The van der Waals surface area contributed by atoms with Gasteiger partial charge in [-0.3, -0.25) is 4.72 Å². The van der Waals surface area contributed by atoms with Gasteiger partial charge in [0.15, 0.2) is 0 Å². The van der Waals surface area contributed by atoms with Crippen molar-refractivity contribution in [3.05, 3.63) is 54.1 Å². The van der Waals surface area contributed by atoms with Gasteiger partial charge in [-0.25, -0.2) is 13.4 Å². The summed E-state index contributed by atoms with van der Waals surface area (Å²) in [6, 6.07) is 7.38. The number of rotatable bonds is 6. The van der Waals surface area contributed by atoms with Crippen molar-refractivity contribution in [2.45, 2.75) is 20.8 Å². The van der Waals surface area contributed by atoms with Crippen LogP contribution in [0.15, 0.2) is 42.9 Å². The zero-order chi connectivity index (χ0) is 16.2. The van der Waals surface area contributed by atoms with Gasteiger partial charge in [-0.1, -0.05) is 32.1 Å². The maximum absolute atomic E-state index is 11.7. The third-order valence-corrected chi connectivity index (χ3v) is 4.42. The first-order chi connectivity index (χ1) is 10.4. The van der Waals surface area contributed by atoms with Crippen LogP contribution in [0.3, 0.4) is 0 Å². The van der Waals surface area contributed by atoms with E-state index in [1.807, 2.05) is 18.2 Å². The lowest BCUT2D eigenvalue weighted by atomic mass is 9.99. The van der Waals surface area contributed by atoms with E-state index in [0.29, 0.717) is 11.6 Å². The van der Waals surface area contributed by atoms with Crippen LogP contribution in [-0.4, -0.2) is 24.1 Å². The molecule has 0 bridgehead atoms. The van der Waals surface area contributed by atoms with Gasteiger partial charge in [0.05, 0.1) is 24.0 Å². The molecule has 0 fully saturated rings. The summed E-state index contributed by atoms with van der Waals surface area (Å²) in [5.74, 6) is 0.404. The summed E-state index contributed by atoms with van der Waals surface area (Å²) < 4.78 is 26.0. The lowest BCUT2D eigenvalue weighted by Gasteiger charge is -2.11. The first-order valence-electron chi connectivity index (χ1n) is 7.23. The molecule has 22 heavy (non-hydrogen) atoms. The highest BCUT2D eigenvalue weighted by molar-refractivity contribution is 7.92. The van der Waals surface area contributed by atoms with Gasteiger partial charge < -0.3 is 4.98 Å². The number of benzene rings is 1. The molecule has 1 heterocycles. The highest BCUT2D eigenvalue weighted by Crippen LogP contribution is 2.26. The van der Waals surface area contributed by atoms with Crippen molar-refractivity contribution in [1.29, 1.82) is 0 Å². The molecule has 0 aliphatic heterocycles. The molecule has 0 aliphatic carbocycles. The number of nitrogens with zero attached hydrogens (tertiary/aromatic N) is 1. The van der Waals surface area contributed by atoms with E-state index in [0.717, 1.165) is 16.8 Å². The zero-order valence-electron chi connectivity index (χ0n) is 13.0. The van der Waals surface area contributed by atoms with Gasteiger partial charge in [0.25, 0.3) is 0 Å². The molecule has 0 saturated heterocycles. The van der Waals surface area contributed by atoms with Crippen molar-refractivity contribution in [1.82, 2.24) is 9.97 Å². The molecule has 118 valence electrons. The Kier molecular flexibility index (Phi) is 5.03. The molecule has 5 nitrogen and oxygen atoms in total. The van der Waals surface area contributed by atoms with Crippen molar-refractivity contribution >= 4 is 21.3 Å². The first kappa shape index (κ1) is 16.3. The van der Waals surface area contributed by atoms with Gasteiger partial charge >= 0.3 is 0 Å². The predicted octanol–water partition coefficient (Wildman–Crippen LogP) is 3.26. The molecule has 2 aromatic rings. The predicted molar refractivity (Wildman–Crippen MR) is 90.0 cm³/mol. The molecule has 0 amide bonds. The maximum Gasteiger partial charge on any atom is 0.232 e. The normalized spacial score (nSPS) is 12.6. The topological polar surface area (TPSA) is 74.8 Å². The number of imidazole rings is 1. The van der Waals surface area contributed by atoms with Gasteiger partial charge in [0.1, 0.15) is 0 Å². The van der Waals surface area contributed by atoms with E-state index in [2.05, 4.69) is 34.6 Å². The number of H-pyrrole nitrogens is 1. The van der Waals surface area contributed by atoms with Crippen LogP contribution in [0.4, 0.5) is 5.69 Å². The third kappa shape index (κ3) is 4.21. The highest BCUT2D eigenvalue weighted by atomic mass is 32.2. The molecular weight excluding hydrogens is 298 g/mol. The number of sulfonamides is 1. The Morgan fingerprint density at radius 2 is 2.18 bits per heavy atom. The molecule has 0 radical (unpaired) electrons. The summed E-state index contributed by atoms with van der Waals surface area (Å²) in [7, 11) is -3.28. The minimum absolute atomic E-state index is 0.0481. The van der Waals surface area contributed by atoms with Gasteiger partial charge in [0, 0.05) is 11.3 Å². The van der Waals surface area contributed by atoms with E-state index in [4.69, 9.17) is 0 Å². The Morgan fingerprint density at radius 1 is 1.41 bits per heavy atom. The molecule has 0 atom stereocenters. The van der Waals surface area contributed by atoms with Crippen molar-refractivity contribution < 1.29 is 8.42 Å². The second-order valence-corrected chi connectivity index (χ2v) is 7.39. The minimum atomic E-state index is -3.28. The van der Waals surface area contributed by atoms with Crippen LogP contribution in [0.5, 0.6) is 0 Å². The fourth-order valence-corrected chi connectivity index (χ4v) is 2.71. The number of nitrogens with one attached hydrogen (secondary N) is 2. The summed E-state index contributed by atoms with van der Waals surface area (Å²) in [6.07, 6.45) is 5.52. The third-order valence-electron chi connectivity index (χ3n) is 3.12. The van der Waals surface area contributed by atoms with E-state index >= 15 is 0 Å². The molecule has 0 saturated carbocycles. The number of aromatic nitrogens is 2. The van der Waals surface area contributed by atoms with E-state index in [-0.39, 0.29) is 5.75 Å². The number of allylic oxidation sites excluding steroid dienone is 1. The second kappa shape index (κ2) is 6.79. The van der Waals surface area contributed by atoms with Crippen LogP contribution in [-0.2, 0) is 10.0 Å². The first-order valence-corrected chi connectivity index (χ1v) is 8.88. The molecule has 1 aromatic heterocycles. The van der Waals surface area contributed by atoms with Crippen molar-refractivity contribution in [2.24, 2.45) is 5.92 Å². The number of aromatic amines is 1. The Balaban J connectivity index is 2.42. The summed E-state index contributed by atoms with van der Waals surface area (Å²) in [4.78, 5) is 7.16. The average Bonchev–Trinajstić information content (AvgIpc) is 2.98. The molecule has 0 unspecified atom stereocenters. The van der Waals surface area contributed by atoms with Crippen molar-refractivity contribution in [3.63, 3.8) is 0 Å². The average molecular weight is 319 g/mol. The quantitative estimate of drug-likeness (QED) is 0.858. The van der Waals surface area contributed by atoms with Crippen LogP contribution in [0.25, 0.3) is 5.57 Å². The lowest BCUT2D eigenvalue weighted by molar-refractivity contribution is 0.602. The molecular formula is C16H21N3O2S. The number of hydrogen-bond acceptors (Lipinski definition) is 3. The summed E-state index contributed by atoms with van der Waals surface area (Å²) in [5.41, 5.74) is 3.41. The second-order valence-electron chi connectivity index (χ2n) is 5.38. The minimum Gasteiger partial charge on any atom is -0.345 e. The summed E-state index contributed by atoms with van der Waals surface area (Å²) >= 11 is 0. The number of hydrogen-bond donors (Lipinski definition) is 2. The monoisotopic (exact) mass is 319 g/mol. The van der Waals surface area contributed by atoms with E-state index in [1.54, 1.807) is 25.5 Å². The Hall–Kier alpha value is -2.08. The fraction of sp³-hybridized carbons (Fsp3) is 0.312. The molecule has 2 rings (SSSR count). The largest absolute Gasteiger partial charge is 0.345 e. The number of anilines is 1. The molecule has 2 N–H and O–H groups in total. The zero-order valence-corrected chi connectivity index (χ0v) is 13.8. The fourth-order valence-electron chi connectivity index (χ4n) is 2.08.